The Morgan fingerprint density at radius 1 is 0.970 bits per heavy atom. The summed E-state index contributed by atoms with van der Waals surface area (Å²) >= 11 is 6.90. The van der Waals surface area contributed by atoms with Crippen LogP contribution in [0.3, 0.4) is 0 Å². The fraction of sp³-hybridized carbons (Fsp3) is 0.111. The number of aromatic nitrogens is 1. The lowest BCUT2D eigenvalue weighted by atomic mass is 9.75. The molecule has 4 nitrogen and oxygen atoms in total. The second-order valence-corrected chi connectivity index (χ2v) is 9.82. The van der Waals surface area contributed by atoms with E-state index in [1.807, 2.05) is 83.7 Å². The van der Waals surface area contributed by atoms with Crippen LogP contribution in [0.1, 0.15) is 23.1 Å². The summed E-state index contributed by atoms with van der Waals surface area (Å²) in [6.45, 7) is 0. The highest BCUT2D eigenvalue weighted by Crippen LogP contribution is 2.47. The van der Waals surface area contributed by atoms with E-state index in [4.69, 9.17) is 0 Å². The number of benzene rings is 3. The van der Waals surface area contributed by atoms with Crippen molar-refractivity contribution < 1.29 is 9.67 Å². The van der Waals surface area contributed by atoms with E-state index < -0.39 is 17.7 Å². The molecule has 0 spiro atoms. The van der Waals surface area contributed by atoms with Gasteiger partial charge in [-0.25, -0.2) is 0 Å². The van der Waals surface area contributed by atoms with Crippen molar-refractivity contribution in [2.24, 2.45) is 0 Å². The highest BCUT2D eigenvalue weighted by molar-refractivity contribution is 14.1. The van der Waals surface area contributed by atoms with E-state index in [2.05, 4.69) is 64.8 Å². The molecule has 0 bridgehead atoms. The number of hydrogen-bond donors (Lipinski definition) is 3. The number of nitrogens with one attached hydrogen (secondary N) is 1. The monoisotopic (exact) mass is 562 g/mol. The summed E-state index contributed by atoms with van der Waals surface area (Å²) in [4.78, 5) is 0. The van der Waals surface area contributed by atoms with Gasteiger partial charge in [-0.2, -0.15) is 9.83 Å². The Balaban J connectivity index is 1.81. The van der Waals surface area contributed by atoms with Crippen LogP contribution in [-0.4, -0.2) is 5.11 Å². The molecular formula is C27H21IN3OS+. The minimum atomic E-state index is -1.50. The average molecular weight is 562 g/mol. The number of halogens is 1. The first-order valence-electron chi connectivity index (χ1n) is 10.6. The number of aliphatic hydroxyl groups is 1. The SMILES string of the molecule is N#CC1=C(S)NC(O)(c2ccccc2)C([n+]2ccc3ccccc3c2)C1c1cccc(I)c1. The first kappa shape index (κ1) is 22.0. The molecule has 2 N–H and O–H groups in total. The van der Waals surface area contributed by atoms with Crippen LogP contribution in [0, 0.1) is 14.9 Å². The highest BCUT2D eigenvalue weighted by Gasteiger charge is 2.55. The number of hydrogen-bond acceptors (Lipinski definition) is 4. The summed E-state index contributed by atoms with van der Waals surface area (Å²) < 4.78 is 3.08. The molecule has 0 amide bonds. The largest absolute Gasteiger partial charge is 0.362 e. The average Bonchev–Trinajstić information content (AvgIpc) is 2.84. The van der Waals surface area contributed by atoms with Crippen molar-refractivity contribution in [3.63, 3.8) is 0 Å². The van der Waals surface area contributed by atoms with Crippen molar-refractivity contribution in [1.82, 2.24) is 5.32 Å². The Morgan fingerprint density at radius 2 is 1.70 bits per heavy atom. The Labute approximate surface area is 211 Å². The smallest absolute Gasteiger partial charge is 0.227 e. The summed E-state index contributed by atoms with van der Waals surface area (Å²) in [5, 5.41) is 28.2. The molecule has 1 aliphatic heterocycles. The molecule has 4 aromatic rings. The molecule has 1 aromatic heterocycles. The van der Waals surface area contributed by atoms with Crippen molar-refractivity contribution in [1.29, 1.82) is 5.26 Å². The maximum atomic E-state index is 12.3. The molecule has 0 radical (unpaired) electrons. The molecule has 0 aliphatic carbocycles. The molecule has 0 saturated heterocycles. The van der Waals surface area contributed by atoms with Gasteiger partial charge >= 0.3 is 0 Å². The number of thiol groups is 1. The summed E-state index contributed by atoms with van der Waals surface area (Å²) in [6.07, 6.45) is 4.01. The molecule has 0 saturated carbocycles. The lowest BCUT2D eigenvalue weighted by Gasteiger charge is -2.42. The van der Waals surface area contributed by atoms with Gasteiger partial charge in [-0.1, -0.05) is 60.7 Å². The van der Waals surface area contributed by atoms with E-state index in [0.29, 0.717) is 16.2 Å². The molecular weight excluding hydrogens is 541 g/mol. The fourth-order valence-electron chi connectivity index (χ4n) is 4.69. The zero-order chi connectivity index (χ0) is 23.0. The lowest BCUT2D eigenvalue weighted by Crippen LogP contribution is -2.62. The van der Waals surface area contributed by atoms with E-state index >= 15 is 0 Å². The van der Waals surface area contributed by atoms with Gasteiger partial charge in [-0.3, -0.25) is 0 Å². The van der Waals surface area contributed by atoms with Crippen molar-refractivity contribution in [3.8, 4) is 6.07 Å². The minimum Gasteiger partial charge on any atom is -0.362 e. The van der Waals surface area contributed by atoms with Crippen molar-refractivity contribution >= 4 is 46.0 Å². The van der Waals surface area contributed by atoms with E-state index in [1.54, 1.807) is 0 Å². The zero-order valence-electron chi connectivity index (χ0n) is 17.6. The normalized spacial score (nSPS) is 22.6. The molecule has 3 aromatic carbocycles. The van der Waals surface area contributed by atoms with Gasteiger partial charge in [0.05, 0.1) is 22.6 Å². The van der Waals surface area contributed by atoms with Crippen molar-refractivity contribution in [2.45, 2.75) is 17.7 Å². The van der Waals surface area contributed by atoms with Crippen molar-refractivity contribution in [2.75, 3.05) is 0 Å². The number of nitrogens with zero attached hydrogens (tertiary/aromatic N) is 2. The Kier molecular flexibility index (Phi) is 5.87. The molecule has 2 heterocycles. The standard InChI is InChI=1S/C27H20IN3OS/c28-22-12-6-9-19(15-22)24-23(16-29)26(33)30-27(32,21-10-2-1-3-11-21)25(24)31-14-13-18-7-4-5-8-20(18)17-31/h1-15,17,24-25,30,32H/p+1. The van der Waals surface area contributed by atoms with Crippen LogP contribution in [-0.2, 0) is 5.72 Å². The van der Waals surface area contributed by atoms with Gasteiger partial charge in [0.15, 0.2) is 12.4 Å². The Bertz CT molecular complexity index is 1420. The topological polar surface area (TPSA) is 59.9 Å². The third-order valence-corrected chi connectivity index (χ3v) is 7.22. The molecule has 33 heavy (non-hydrogen) atoms. The Hall–Kier alpha value is -2.86. The first-order chi connectivity index (χ1) is 16.0. The van der Waals surface area contributed by atoms with Crippen LogP contribution in [0.25, 0.3) is 10.8 Å². The van der Waals surface area contributed by atoms with Crippen LogP contribution in [0.15, 0.2) is 108 Å². The maximum Gasteiger partial charge on any atom is 0.227 e. The first-order valence-corrected chi connectivity index (χ1v) is 12.1. The molecule has 3 unspecified atom stereocenters. The predicted octanol–water partition coefficient (Wildman–Crippen LogP) is 5.17. The summed E-state index contributed by atoms with van der Waals surface area (Å²) in [7, 11) is 0. The van der Waals surface area contributed by atoms with Gasteiger partial charge in [0, 0.05) is 20.6 Å². The van der Waals surface area contributed by atoms with Crippen LogP contribution in [0.4, 0.5) is 0 Å². The third kappa shape index (κ3) is 3.90. The fourth-order valence-corrected chi connectivity index (χ4v) is 5.61. The van der Waals surface area contributed by atoms with Gasteiger partial charge in [0.25, 0.3) is 0 Å². The van der Waals surface area contributed by atoms with Gasteiger partial charge in [-0.15, -0.1) is 12.6 Å². The van der Waals surface area contributed by atoms with E-state index in [0.717, 1.165) is 19.9 Å². The van der Waals surface area contributed by atoms with E-state index in [1.165, 1.54) is 0 Å². The second-order valence-electron chi connectivity index (χ2n) is 8.13. The summed E-state index contributed by atoms with van der Waals surface area (Å²) in [6, 6.07) is 29.6. The quantitative estimate of drug-likeness (QED) is 0.184. The van der Waals surface area contributed by atoms with Gasteiger partial charge < -0.3 is 10.4 Å². The van der Waals surface area contributed by atoms with Gasteiger partial charge in [0.1, 0.15) is 0 Å². The van der Waals surface area contributed by atoms with Crippen LogP contribution < -0.4 is 9.88 Å². The van der Waals surface area contributed by atoms with Crippen molar-refractivity contribution in [3.05, 3.63) is 123 Å². The lowest BCUT2D eigenvalue weighted by molar-refractivity contribution is -0.742. The minimum absolute atomic E-state index is 0.380. The van der Waals surface area contributed by atoms with Gasteiger partial charge in [0.2, 0.25) is 11.8 Å². The number of rotatable bonds is 3. The molecule has 6 heteroatoms. The molecule has 162 valence electrons. The van der Waals surface area contributed by atoms with Gasteiger partial charge in [-0.05, 0) is 51.7 Å². The second kappa shape index (κ2) is 8.82. The maximum absolute atomic E-state index is 12.3. The molecule has 5 rings (SSSR count). The summed E-state index contributed by atoms with van der Waals surface area (Å²) in [5.41, 5.74) is 0.644. The zero-order valence-corrected chi connectivity index (χ0v) is 20.6. The highest BCUT2D eigenvalue weighted by atomic mass is 127. The number of pyridine rings is 1. The molecule has 0 fully saturated rings. The van der Waals surface area contributed by atoms with E-state index in [-0.39, 0.29) is 0 Å². The number of allylic oxidation sites excluding steroid dienone is 1. The number of nitriles is 1. The van der Waals surface area contributed by atoms with Crippen LogP contribution >= 0.6 is 35.2 Å². The van der Waals surface area contributed by atoms with E-state index in [9.17, 15) is 10.4 Å². The predicted molar refractivity (Wildman–Crippen MR) is 140 cm³/mol. The molecule has 3 atom stereocenters. The summed E-state index contributed by atoms with van der Waals surface area (Å²) in [5.74, 6) is -0.421. The number of fused-ring (bicyclic) bond motifs is 1. The van der Waals surface area contributed by atoms with Crippen LogP contribution in [0.2, 0.25) is 0 Å². The third-order valence-electron chi connectivity index (χ3n) is 6.19. The Morgan fingerprint density at radius 3 is 2.42 bits per heavy atom. The molecule has 1 aliphatic rings. The van der Waals surface area contributed by atoms with Crippen LogP contribution in [0.5, 0.6) is 0 Å².